The number of aromatic nitrogens is 1. The van der Waals surface area contributed by atoms with Crippen molar-refractivity contribution in [3.63, 3.8) is 0 Å². The van der Waals surface area contributed by atoms with Gasteiger partial charge in [-0.1, -0.05) is 29.4 Å². The fraction of sp³-hybridized carbons (Fsp3) is 0.300. The standard InChI is InChI=1S/C20H19ClN2O3S/c21-14-8-9-17-18(11-14)26-20(22-17)27-13-19(24)23(12-16-7-4-10-25-16)15-5-2-1-3-6-15/h4-5,7-11H,1-3,6,12-13H2. The zero-order valence-electron chi connectivity index (χ0n) is 14.7. The number of hydrogen-bond donors (Lipinski definition) is 0. The Bertz CT molecular complexity index is 965. The van der Waals surface area contributed by atoms with Crippen LogP contribution in [0.2, 0.25) is 5.02 Å². The second-order valence-corrected chi connectivity index (χ2v) is 7.74. The third kappa shape index (κ3) is 4.39. The van der Waals surface area contributed by atoms with Crippen molar-refractivity contribution in [2.75, 3.05) is 5.75 Å². The van der Waals surface area contributed by atoms with Crippen LogP contribution in [0.25, 0.3) is 11.1 Å². The Hall–Kier alpha value is -2.18. The van der Waals surface area contributed by atoms with E-state index in [-0.39, 0.29) is 11.7 Å². The van der Waals surface area contributed by atoms with E-state index in [0.717, 1.165) is 36.2 Å². The number of hydrogen-bond acceptors (Lipinski definition) is 5. The molecule has 0 fully saturated rings. The van der Waals surface area contributed by atoms with Crippen LogP contribution >= 0.6 is 23.4 Å². The molecule has 27 heavy (non-hydrogen) atoms. The van der Waals surface area contributed by atoms with Crippen LogP contribution in [0.4, 0.5) is 0 Å². The van der Waals surface area contributed by atoms with Gasteiger partial charge in [0.2, 0.25) is 5.91 Å². The highest BCUT2D eigenvalue weighted by molar-refractivity contribution is 7.99. The van der Waals surface area contributed by atoms with Crippen molar-refractivity contribution in [3.05, 3.63) is 59.2 Å². The lowest BCUT2D eigenvalue weighted by molar-refractivity contribution is -0.127. The van der Waals surface area contributed by atoms with Crippen LogP contribution in [0.1, 0.15) is 31.4 Å². The molecule has 0 unspecified atom stereocenters. The first kappa shape index (κ1) is 18.2. The average Bonchev–Trinajstić information content (AvgIpc) is 3.34. The van der Waals surface area contributed by atoms with Crippen LogP contribution in [0.5, 0.6) is 0 Å². The quantitative estimate of drug-likeness (QED) is 0.498. The minimum atomic E-state index is 0.0184. The lowest BCUT2D eigenvalue weighted by Gasteiger charge is -2.26. The molecule has 140 valence electrons. The highest BCUT2D eigenvalue weighted by atomic mass is 35.5. The molecule has 1 amide bonds. The number of furan rings is 1. The fourth-order valence-electron chi connectivity index (χ4n) is 3.12. The van der Waals surface area contributed by atoms with E-state index in [2.05, 4.69) is 11.1 Å². The van der Waals surface area contributed by atoms with Gasteiger partial charge >= 0.3 is 0 Å². The molecule has 0 aliphatic heterocycles. The smallest absolute Gasteiger partial charge is 0.257 e. The average molecular weight is 403 g/mol. The SMILES string of the molecule is O=C(CSc1nc2ccc(Cl)cc2o1)N(Cc1ccco1)C1=CCCCC1. The number of oxazole rings is 1. The van der Waals surface area contributed by atoms with Crippen molar-refractivity contribution in [2.45, 2.75) is 37.5 Å². The van der Waals surface area contributed by atoms with E-state index in [4.69, 9.17) is 20.4 Å². The molecule has 0 N–H and O–H groups in total. The molecule has 0 saturated heterocycles. The van der Waals surface area contributed by atoms with E-state index in [0.29, 0.717) is 22.4 Å². The summed E-state index contributed by atoms with van der Waals surface area (Å²) >= 11 is 7.28. The molecule has 7 heteroatoms. The number of nitrogens with zero attached hydrogens (tertiary/aromatic N) is 2. The van der Waals surface area contributed by atoms with E-state index in [1.54, 1.807) is 18.4 Å². The summed E-state index contributed by atoms with van der Waals surface area (Å²) in [7, 11) is 0. The van der Waals surface area contributed by atoms with Crippen LogP contribution in [-0.2, 0) is 11.3 Å². The molecular formula is C20H19ClN2O3S. The fourth-order valence-corrected chi connectivity index (χ4v) is 3.99. The zero-order valence-corrected chi connectivity index (χ0v) is 16.3. The summed E-state index contributed by atoms with van der Waals surface area (Å²) in [5, 5.41) is 1.07. The summed E-state index contributed by atoms with van der Waals surface area (Å²) in [6.45, 7) is 0.446. The van der Waals surface area contributed by atoms with Crippen molar-refractivity contribution >= 4 is 40.4 Å². The molecule has 0 radical (unpaired) electrons. The number of halogens is 1. The van der Waals surface area contributed by atoms with Gasteiger partial charge in [0.25, 0.3) is 5.22 Å². The Labute approximate surface area is 166 Å². The van der Waals surface area contributed by atoms with E-state index in [1.807, 2.05) is 23.1 Å². The van der Waals surface area contributed by atoms with Crippen LogP contribution < -0.4 is 0 Å². The maximum atomic E-state index is 12.9. The number of benzene rings is 1. The summed E-state index contributed by atoms with van der Waals surface area (Å²) in [6, 6.07) is 9.04. The molecule has 1 aliphatic carbocycles. The molecule has 2 aromatic heterocycles. The topological polar surface area (TPSA) is 59.5 Å². The zero-order chi connectivity index (χ0) is 18.6. The number of carbonyl (C=O) groups excluding carboxylic acids is 1. The number of fused-ring (bicyclic) bond motifs is 1. The van der Waals surface area contributed by atoms with Crippen LogP contribution in [0, 0.1) is 0 Å². The highest BCUT2D eigenvalue weighted by Crippen LogP contribution is 2.28. The maximum absolute atomic E-state index is 12.9. The van der Waals surface area contributed by atoms with Gasteiger partial charge in [-0.25, -0.2) is 4.98 Å². The van der Waals surface area contributed by atoms with Crippen molar-refractivity contribution in [1.29, 1.82) is 0 Å². The van der Waals surface area contributed by atoms with Crippen molar-refractivity contribution in [2.24, 2.45) is 0 Å². The van der Waals surface area contributed by atoms with Crippen molar-refractivity contribution in [3.8, 4) is 0 Å². The minimum Gasteiger partial charge on any atom is -0.467 e. The van der Waals surface area contributed by atoms with Crippen LogP contribution in [0.15, 0.2) is 62.4 Å². The monoisotopic (exact) mass is 402 g/mol. The van der Waals surface area contributed by atoms with Gasteiger partial charge in [0.05, 0.1) is 18.6 Å². The first-order valence-electron chi connectivity index (χ1n) is 8.90. The molecule has 3 aromatic rings. The Morgan fingerprint density at radius 1 is 1.30 bits per heavy atom. The van der Waals surface area contributed by atoms with E-state index >= 15 is 0 Å². The third-order valence-corrected chi connectivity index (χ3v) is 5.51. The second kappa shape index (κ2) is 8.23. The summed E-state index contributed by atoms with van der Waals surface area (Å²) in [6.07, 6.45) is 8.00. The number of thioether (sulfide) groups is 1. The Balaban J connectivity index is 1.47. The Kier molecular flexibility index (Phi) is 5.55. The van der Waals surface area contributed by atoms with E-state index in [1.165, 1.54) is 18.2 Å². The van der Waals surface area contributed by atoms with Crippen LogP contribution in [-0.4, -0.2) is 21.5 Å². The van der Waals surface area contributed by atoms with Crippen molar-refractivity contribution in [1.82, 2.24) is 9.88 Å². The molecule has 4 rings (SSSR count). The van der Waals surface area contributed by atoms with E-state index < -0.39 is 0 Å². The lowest BCUT2D eigenvalue weighted by atomic mass is 10.0. The Morgan fingerprint density at radius 3 is 3.00 bits per heavy atom. The van der Waals surface area contributed by atoms with Gasteiger partial charge in [0.1, 0.15) is 11.3 Å². The lowest BCUT2D eigenvalue weighted by Crippen LogP contribution is -2.32. The predicted octanol–water partition coefficient (Wildman–Crippen LogP) is 5.65. The molecule has 1 aliphatic rings. The molecule has 0 bridgehead atoms. The molecule has 5 nitrogen and oxygen atoms in total. The minimum absolute atomic E-state index is 0.0184. The third-order valence-electron chi connectivity index (χ3n) is 4.46. The number of rotatable bonds is 6. The normalized spacial score (nSPS) is 14.3. The molecule has 2 heterocycles. The van der Waals surface area contributed by atoms with Crippen LogP contribution in [0.3, 0.4) is 0 Å². The maximum Gasteiger partial charge on any atom is 0.257 e. The Morgan fingerprint density at radius 2 is 2.22 bits per heavy atom. The highest BCUT2D eigenvalue weighted by Gasteiger charge is 2.22. The molecule has 0 saturated carbocycles. The summed E-state index contributed by atoms with van der Waals surface area (Å²) in [4.78, 5) is 19.2. The summed E-state index contributed by atoms with van der Waals surface area (Å²) < 4.78 is 11.1. The summed E-state index contributed by atoms with van der Waals surface area (Å²) in [5.41, 5.74) is 2.43. The molecule has 0 spiro atoms. The van der Waals surface area contributed by atoms with Gasteiger partial charge in [0, 0.05) is 16.8 Å². The predicted molar refractivity (Wildman–Crippen MR) is 106 cm³/mol. The van der Waals surface area contributed by atoms with E-state index in [9.17, 15) is 4.79 Å². The van der Waals surface area contributed by atoms with Gasteiger partial charge in [-0.2, -0.15) is 0 Å². The first-order chi connectivity index (χ1) is 13.2. The summed E-state index contributed by atoms with van der Waals surface area (Å²) in [5.74, 6) is 1.04. The van der Waals surface area contributed by atoms with Gasteiger partial charge in [-0.15, -0.1) is 0 Å². The molecular weight excluding hydrogens is 384 g/mol. The molecule has 1 aromatic carbocycles. The number of amides is 1. The largest absolute Gasteiger partial charge is 0.467 e. The second-order valence-electron chi connectivity index (χ2n) is 6.38. The van der Waals surface area contributed by atoms with Gasteiger partial charge < -0.3 is 13.7 Å². The molecule has 0 atom stereocenters. The van der Waals surface area contributed by atoms with Crippen molar-refractivity contribution < 1.29 is 13.6 Å². The number of allylic oxidation sites excluding steroid dienone is 2. The van der Waals surface area contributed by atoms with Gasteiger partial charge in [-0.05, 0) is 49.9 Å². The van der Waals surface area contributed by atoms with Gasteiger partial charge in [0.15, 0.2) is 5.58 Å². The van der Waals surface area contributed by atoms with Gasteiger partial charge in [-0.3, -0.25) is 4.79 Å². The first-order valence-corrected chi connectivity index (χ1v) is 10.3. The number of carbonyl (C=O) groups is 1.